The molecule has 3 rings (SSSR count). The highest BCUT2D eigenvalue weighted by Gasteiger charge is 2.28. The second-order valence-corrected chi connectivity index (χ2v) is 7.74. The van der Waals surface area contributed by atoms with Crippen LogP contribution < -0.4 is 10.1 Å². The summed E-state index contributed by atoms with van der Waals surface area (Å²) in [7, 11) is 2.83. The maximum absolute atomic E-state index is 12.8. The molecule has 1 fully saturated rings. The molecule has 0 aromatic heterocycles. The lowest BCUT2D eigenvalue weighted by molar-refractivity contribution is -0.150. The number of amides is 2. The molecule has 2 amide bonds. The van der Waals surface area contributed by atoms with Gasteiger partial charge in [-0.3, -0.25) is 9.59 Å². The fourth-order valence-electron chi connectivity index (χ4n) is 3.20. The summed E-state index contributed by atoms with van der Waals surface area (Å²) in [5.74, 6) is -1.73. The van der Waals surface area contributed by atoms with Crippen LogP contribution in [-0.4, -0.2) is 48.0 Å². The fourth-order valence-corrected chi connectivity index (χ4v) is 3.51. The number of nitrogens with zero attached hydrogens (tertiary/aromatic N) is 1. The second kappa shape index (κ2) is 9.26. The first kappa shape index (κ1) is 22.4. The van der Waals surface area contributed by atoms with Crippen molar-refractivity contribution >= 4 is 35.1 Å². The van der Waals surface area contributed by atoms with Crippen molar-refractivity contribution in [1.82, 2.24) is 4.90 Å². The number of rotatable bonds is 5. The highest BCUT2D eigenvalue weighted by molar-refractivity contribution is 6.37. The van der Waals surface area contributed by atoms with E-state index in [4.69, 9.17) is 16.3 Å². The number of esters is 1. The van der Waals surface area contributed by atoms with E-state index in [0.29, 0.717) is 22.7 Å². The first-order chi connectivity index (χ1) is 14.7. The molecule has 9 heteroatoms. The molecule has 164 valence electrons. The number of hydrogen-bond donors (Lipinski definition) is 2. The minimum atomic E-state index is -1.03. The number of carbonyl (C=O) groups excluding carboxylic acids is 3. The zero-order valence-electron chi connectivity index (χ0n) is 17.4. The number of nitrogens with one attached hydrogen (secondary N) is 1. The first-order valence-corrected chi connectivity index (χ1v) is 10.1. The lowest BCUT2D eigenvalue weighted by Gasteiger charge is -2.34. The largest absolute Gasteiger partial charge is 0.507 e. The molecule has 1 aliphatic carbocycles. The standard InChI is InChI=1S/C22H23ClN2O6/c1-12-9-13(24-20(27)22(29)30-3)10-17(23)19(12)31-15-7-8-18(26)16(11-15)21(28)25(2)14-5-4-6-14/h7-11,14,26H,4-6H2,1-3H3,(H,24,27). The van der Waals surface area contributed by atoms with Crippen molar-refractivity contribution in [3.8, 4) is 17.2 Å². The third-order valence-electron chi connectivity index (χ3n) is 5.22. The number of ether oxygens (including phenoxy) is 2. The van der Waals surface area contributed by atoms with E-state index in [0.717, 1.165) is 26.4 Å². The predicted octanol–water partition coefficient (Wildman–Crippen LogP) is 3.88. The minimum absolute atomic E-state index is 0.132. The Labute approximate surface area is 184 Å². The highest BCUT2D eigenvalue weighted by Crippen LogP contribution is 2.37. The number of halogens is 1. The summed E-state index contributed by atoms with van der Waals surface area (Å²) in [6.07, 6.45) is 2.99. The zero-order chi connectivity index (χ0) is 22.7. The van der Waals surface area contributed by atoms with Gasteiger partial charge in [0, 0.05) is 18.8 Å². The van der Waals surface area contributed by atoms with Gasteiger partial charge in [0.2, 0.25) is 0 Å². The molecule has 31 heavy (non-hydrogen) atoms. The quantitative estimate of drug-likeness (QED) is 0.533. The summed E-state index contributed by atoms with van der Waals surface area (Å²) in [5.41, 5.74) is 1.02. The van der Waals surface area contributed by atoms with Crippen LogP contribution in [0.15, 0.2) is 30.3 Å². The van der Waals surface area contributed by atoms with E-state index >= 15 is 0 Å². The number of phenols is 1. The lowest BCUT2D eigenvalue weighted by Crippen LogP contribution is -2.41. The first-order valence-electron chi connectivity index (χ1n) is 9.68. The van der Waals surface area contributed by atoms with Gasteiger partial charge in [0.1, 0.15) is 17.2 Å². The lowest BCUT2D eigenvalue weighted by atomic mass is 9.91. The SMILES string of the molecule is COC(=O)C(=O)Nc1cc(C)c(Oc2ccc(O)c(C(=O)N(C)C3CCC3)c2)c(Cl)c1. The molecule has 0 atom stereocenters. The topological polar surface area (TPSA) is 105 Å². The summed E-state index contributed by atoms with van der Waals surface area (Å²) in [5, 5.41) is 12.8. The van der Waals surface area contributed by atoms with E-state index in [1.165, 1.54) is 24.3 Å². The van der Waals surface area contributed by atoms with Gasteiger partial charge >= 0.3 is 11.9 Å². The van der Waals surface area contributed by atoms with E-state index in [2.05, 4.69) is 10.1 Å². The normalized spacial score (nSPS) is 13.2. The van der Waals surface area contributed by atoms with Crippen LogP contribution in [0.4, 0.5) is 5.69 Å². The van der Waals surface area contributed by atoms with E-state index in [-0.39, 0.29) is 28.3 Å². The van der Waals surface area contributed by atoms with Crippen molar-refractivity contribution in [2.24, 2.45) is 0 Å². The molecule has 1 saturated carbocycles. The van der Waals surface area contributed by atoms with Gasteiger partial charge in [0.05, 0.1) is 17.7 Å². The van der Waals surface area contributed by atoms with Crippen molar-refractivity contribution < 1.29 is 29.0 Å². The predicted molar refractivity (Wildman–Crippen MR) is 115 cm³/mol. The van der Waals surface area contributed by atoms with Crippen molar-refractivity contribution in [2.45, 2.75) is 32.2 Å². The Morgan fingerprint density at radius 1 is 1.19 bits per heavy atom. The molecule has 0 aliphatic heterocycles. The summed E-state index contributed by atoms with van der Waals surface area (Å²) >= 11 is 6.32. The molecule has 2 N–H and O–H groups in total. The molecule has 0 unspecified atom stereocenters. The molecular weight excluding hydrogens is 424 g/mol. The Morgan fingerprint density at radius 3 is 2.48 bits per heavy atom. The van der Waals surface area contributed by atoms with Gasteiger partial charge in [0.25, 0.3) is 5.91 Å². The number of methoxy groups -OCH3 is 1. The molecule has 0 radical (unpaired) electrons. The van der Waals surface area contributed by atoms with Crippen molar-refractivity contribution in [3.63, 3.8) is 0 Å². The van der Waals surface area contributed by atoms with Crippen molar-refractivity contribution in [2.75, 3.05) is 19.5 Å². The Morgan fingerprint density at radius 2 is 1.90 bits per heavy atom. The molecule has 8 nitrogen and oxygen atoms in total. The van der Waals surface area contributed by atoms with Crippen LogP contribution >= 0.6 is 11.6 Å². The summed E-state index contributed by atoms with van der Waals surface area (Å²) in [4.78, 5) is 37.4. The molecule has 0 spiro atoms. The van der Waals surface area contributed by atoms with Gasteiger partial charge in [-0.25, -0.2) is 4.79 Å². The Kier molecular flexibility index (Phi) is 6.70. The van der Waals surface area contributed by atoms with Gasteiger partial charge in [-0.2, -0.15) is 0 Å². The average Bonchev–Trinajstić information content (AvgIpc) is 2.69. The van der Waals surface area contributed by atoms with Crippen LogP contribution in [0.5, 0.6) is 17.2 Å². The van der Waals surface area contributed by atoms with Crippen LogP contribution in [0.1, 0.15) is 35.2 Å². The van der Waals surface area contributed by atoms with Crippen molar-refractivity contribution in [1.29, 1.82) is 0 Å². The summed E-state index contributed by atoms with van der Waals surface area (Å²) in [6.45, 7) is 1.71. The third kappa shape index (κ3) is 4.91. The number of phenolic OH excluding ortho intramolecular Hbond substituents is 1. The molecule has 1 aliphatic rings. The maximum atomic E-state index is 12.8. The highest BCUT2D eigenvalue weighted by atomic mass is 35.5. The maximum Gasteiger partial charge on any atom is 0.396 e. The summed E-state index contributed by atoms with van der Waals surface area (Å²) in [6, 6.07) is 7.58. The summed E-state index contributed by atoms with van der Waals surface area (Å²) < 4.78 is 10.2. The van der Waals surface area contributed by atoms with Gasteiger partial charge < -0.3 is 24.8 Å². The molecule has 0 saturated heterocycles. The molecule has 2 aromatic carbocycles. The number of aromatic hydroxyl groups is 1. The Hall–Kier alpha value is -3.26. The number of carbonyl (C=O) groups is 3. The fraction of sp³-hybridized carbons (Fsp3) is 0.318. The zero-order valence-corrected chi connectivity index (χ0v) is 18.2. The van der Waals surface area contributed by atoms with E-state index < -0.39 is 11.9 Å². The number of hydrogen-bond acceptors (Lipinski definition) is 6. The minimum Gasteiger partial charge on any atom is -0.507 e. The molecule has 0 heterocycles. The van der Waals surface area contributed by atoms with Gasteiger partial charge in [-0.15, -0.1) is 0 Å². The van der Waals surface area contributed by atoms with Crippen LogP contribution in [-0.2, 0) is 14.3 Å². The van der Waals surface area contributed by atoms with Gasteiger partial charge in [-0.1, -0.05) is 11.6 Å². The molecular formula is C22H23ClN2O6. The van der Waals surface area contributed by atoms with Gasteiger partial charge in [0.15, 0.2) is 0 Å². The number of benzene rings is 2. The van der Waals surface area contributed by atoms with Crippen LogP contribution in [0.2, 0.25) is 5.02 Å². The smallest absolute Gasteiger partial charge is 0.396 e. The second-order valence-electron chi connectivity index (χ2n) is 7.33. The Bertz CT molecular complexity index is 1010. The number of aryl methyl sites for hydroxylation is 1. The van der Waals surface area contributed by atoms with Crippen molar-refractivity contribution in [3.05, 3.63) is 46.5 Å². The van der Waals surface area contributed by atoms with E-state index in [1.54, 1.807) is 24.9 Å². The molecule has 0 bridgehead atoms. The third-order valence-corrected chi connectivity index (χ3v) is 5.50. The van der Waals surface area contributed by atoms with E-state index in [1.807, 2.05) is 0 Å². The van der Waals surface area contributed by atoms with E-state index in [9.17, 15) is 19.5 Å². The number of anilines is 1. The Balaban J connectivity index is 1.81. The monoisotopic (exact) mass is 446 g/mol. The average molecular weight is 447 g/mol. The van der Waals surface area contributed by atoms with Gasteiger partial charge in [-0.05, 0) is 62.1 Å². The molecule has 2 aromatic rings. The van der Waals surface area contributed by atoms with Crippen LogP contribution in [0.3, 0.4) is 0 Å². The van der Waals surface area contributed by atoms with Crippen LogP contribution in [0.25, 0.3) is 0 Å². The van der Waals surface area contributed by atoms with Crippen LogP contribution in [0, 0.1) is 6.92 Å².